The summed E-state index contributed by atoms with van der Waals surface area (Å²) in [5.74, 6) is -4.51. The van der Waals surface area contributed by atoms with Crippen LogP contribution >= 0.6 is 0 Å². The number of ketones is 2. The third kappa shape index (κ3) is 3.35. The molecule has 5 unspecified atom stereocenters. The second-order valence-electron chi connectivity index (χ2n) is 7.94. The van der Waals surface area contributed by atoms with Crippen LogP contribution in [0.2, 0.25) is 0 Å². The van der Waals surface area contributed by atoms with Gasteiger partial charge in [0.25, 0.3) is 0 Å². The molecule has 34 heavy (non-hydrogen) atoms. The van der Waals surface area contributed by atoms with Crippen molar-refractivity contribution >= 4 is 11.6 Å². The highest BCUT2D eigenvalue weighted by Crippen LogP contribution is 2.49. The fraction of sp³-hybridized carbons (Fsp3) is 0.364. The van der Waals surface area contributed by atoms with Crippen molar-refractivity contribution < 1.29 is 59.5 Å². The molecule has 1 saturated heterocycles. The summed E-state index contributed by atoms with van der Waals surface area (Å²) < 4.78 is 15.7. The number of rotatable bonds is 4. The Morgan fingerprint density at radius 3 is 2.18 bits per heavy atom. The summed E-state index contributed by atoms with van der Waals surface area (Å²) in [5, 5.41) is 71.4. The van der Waals surface area contributed by atoms with Crippen molar-refractivity contribution in [3.8, 4) is 28.7 Å². The quantitative estimate of drug-likeness (QED) is 0.227. The minimum atomic E-state index is -1.84. The molecular weight excluding hydrogens is 456 g/mol. The monoisotopic (exact) mass is 478 g/mol. The third-order valence-electron chi connectivity index (χ3n) is 5.97. The Kier molecular flexibility index (Phi) is 5.87. The minimum Gasteiger partial charge on any atom is -0.507 e. The van der Waals surface area contributed by atoms with Crippen LogP contribution < -0.4 is 9.47 Å². The van der Waals surface area contributed by atoms with Crippen molar-refractivity contribution in [2.45, 2.75) is 37.6 Å². The first-order valence-corrected chi connectivity index (χ1v) is 10.1. The molecule has 0 spiro atoms. The molecule has 0 aromatic heterocycles. The molecular formula is C22H22O12. The van der Waals surface area contributed by atoms with E-state index in [0.717, 1.165) is 6.07 Å². The number of phenols is 3. The summed E-state index contributed by atoms with van der Waals surface area (Å²) in [4.78, 5) is 26.3. The van der Waals surface area contributed by atoms with Gasteiger partial charge in [0.2, 0.25) is 12.1 Å². The summed E-state index contributed by atoms with van der Waals surface area (Å²) >= 11 is 0. The molecule has 5 atom stereocenters. The van der Waals surface area contributed by atoms with E-state index in [1.165, 1.54) is 20.1 Å². The van der Waals surface area contributed by atoms with Crippen LogP contribution in [0.4, 0.5) is 0 Å². The van der Waals surface area contributed by atoms with Gasteiger partial charge in [-0.1, -0.05) is 0 Å². The largest absolute Gasteiger partial charge is 0.507 e. The Labute approximate surface area is 191 Å². The van der Waals surface area contributed by atoms with E-state index in [1.807, 2.05) is 0 Å². The first kappa shape index (κ1) is 23.7. The van der Waals surface area contributed by atoms with E-state index in [2.05, 4.69) is 0 Å². The predicted molar refractivity (Wildman–Crippen MR) is 110 cm³/mol. The number of aliphatic hydroxyl groups is 4. The lowest BCUT2D eigenvalue weighted by Crippen LogP contribution is -2.60. The molecule has 0 amide bonds. The maximum absolute atomic E-state index is 13.2. The molecule has 0 saturated carbocycles. The smallest absolute Gasteiger partial charge is 0.229 e. The molecule has 0 radical (unpaired) electrons. The van der Waals surface area contributed by atoms with Crippen LogP contribution in [0.15, 0.2) is 12.1 Å². The summed E-state index contributed by atoms with van der Waals surface area (Å²) in [6, 6.07) is 2.31. The second-order valence-corrected chi connectivity index (χ2v) is 7.94. The highest BCUT2D eigenvalue weighted by atomic mass is 16.7. The van der Waals surface area contributed by atoms with E-state index in [9.17, 15) is 45.3 Å². The molecule has 1 heterocycles. The van der Waals surface area contributed by atoms with Gasteiger partial charge in [-0.2, -0.15) is 0 Å². The first-order chi connectivity index (χ1) is 16.0. The molecule has 12 heteroatoms. The number of aliphatic hydroxyl groups excluding tert-OH is 4. The molecule has 4 rings (SSSR count). The fourth-order valence-electron chi connectivity index (χ4n) is 4.09. The van der Waals surface area contributed by atoms with Crippen molar-refractivity contribution in [1.82, 2.24) is 0 Å². The lowest BCUT2D eigenvalue weighted by molar-refractivity contribution is -0.277. The van der Waals surface area contributed by atoms with Crippen LogP contribution in [0.1, 0.15) is 37.4 Å². The lowest BCUT2D eigenvalue weighted by atomic mass is 9.81. The third-order valence-corrected chi connectivity index (χ3v) is 5.97. The van der Waals surface area contributed by atoms with Crippen LogP contribution in [0.5, 0.6) is 28.7 Å². The average molecular weight is 478 g/mol. The van der Waals surface area contributed by atoms with E-state index >= 15 is 0 Å². The zero-order valence-electron chi connectivity index (χ0n) is 17.9. The van der Waals surface area contributed by atoms with Gasteiger partial charge in [-0.25, -0.2) is 0 Å². The molecule has 7 N–H and O–H groups in total. The lowest BCUT2D eigenvalue weighted by Gasteiger charge is -2.39. The minimum absolute atomic E-state index is 0.0869. The molecule has 1 fully saturated rings. The van der Waals surface area contributed by atoms with Gasteiger partial charge in [-0.05, 0) is 13.0 Å². The van der Waals surface area contributed by atoms with Crippen molar-refractivity contribution in [3.05, 3.63) is 39.9 Å². The molecule has 12 nitrogen and oxygen atoms in total. The van der Waals surface area contributed by atoms with E-state index < -0.39 is 88.6 Å². The Morgan fingerprint density at radius 1 is 0.912 bits per heavy atom. The van der Waals surface area contributed by atoms with Crippen LogP contribution in [0.3, 0.4) is 0 Å². The summed E-state index contributed by atoms with van der Waals surface area (Å²) in [7, 11) is 1.29. The number of benzene rings is 2. The number of hydrogen-bond donors (Lipinski definition) is 7. The molecule has 1 aliphatic carbocycles. The highest BCUT2D eigenvalue weighted by Gasteiger charge is 2.46. The summed E-state index contributed by atoms with van der Waals surface area (Å²) in [6.45, 7) is 0.517. The maximum atomic E-state index is 13.2. The normalized spacial score (nSPS) is 26.1. The van der Waals surface area contributed by atoms with Gasteiger partial charge in [0, 0.05) is 17.2 Å². The number of aromatic hydroxyl groups is 3. The van der Waals surface area contributed by atoms with Gasteiger partial charge in [-0.15, -0.1) is 0 Å². The average Bonchev–Trinajstić information content (AvgIpc) is 2.81. The van der Waals surface area contributed by atoms with Gasteiger partial charge < -0.3 is 50.0 Å². The molecule has 182 valence electrons. The SMILES string of the molecule is COc1cc(O)c2c(c1)C(=O)c1c(O)c(C)c(OC3OC(CO)C(O)C(O)C3O)c(O)c1C2=O. The Morgan fingerprint density at radius 2 is 1.56 bits per heavy atom. The standard InChI is InChI=1S/C22H22O12/c1-6-14(25)12-13(17(28)11-8(15(12)26)3-7(32-2)4-9(11)24)18(29)21(6)34-22-20(31)19(30)16(27)10(5-23)33-22/h3-4,10,16,19-20,22-25,27,29-31H,5H2,1-2H3. The number of hydrogen-bond acceptors (Lipinski definition) is 12. The van der Waals surface area contributed by atoms with Gasteiger partial charge in [0.1, 0.15) is 41.7 Å². The van der Waals surface area contributed by atoms with Crippen molar-refractivity contribution in [3.63, 3.8) is 0 Å². The number of phenolic OH excluding ortho intramolecular Hbond substituents is 3. The zero-order chi connectivity index (χ0) is 25.1. The molecule has 0 bridgehead atoms. The van der Waals surface area contributed by atoms with Crippen LogP contribution in [0, 0.1) is 6.92 Å². The van der Waals surface area contributed by atoms with Crippen molar-refractivity contribution in [2.24, 2.45) is 0 Å². The number of carbonyl (C=O) groups is 2. The summed E-state index contributed by atoms with van der Waals surface area (Å²) in [6.07, 6.45) is -8.35. The van der Waals surface area contributed by atoms with Crippen LogP contribution in [-0.4, -0.2) is 91.7 Å². The second kappa shape index (κ2) is 8.42. The molecule has 1 aliphatic heterocycles. The highest BCUT2D eigenvalue weighted by molar-refractivity contribution is 6.31. The van der Waals surface area contributed by atoms with E-state index in [0.29, 0.717) is 0 Å². The first-order valence-electron chi connectivity index (χ1n) is 10.1. The molecule has 2 aromatic rings. The van der Waals surface area contributed by atoms with Gasteiger partial charge >= 0.3 is 0 Å². The maximum Gasteiger partial charge on any atom is 0.229 e. The Bertz CT molecular complexity index is 1190. The predicted octanol–water partition coefficient (Wildman–Crippen LogP) is -0.925. The molecule has 2 aromatic carbocycles. The van der Waals surface area contributed by atoms with Gasteiger partial charge in [-0.3, -0.25) is 9.59 Å². The van der Waals surface area contributed by atoms with Gasteiger partial charge in [0.15, 0.2) is 17.3 Å². The van der Waals surface area contributed by atoms with Crippen LogP contribution in [0.25, 0.3) is 0 Å². The number of fused-ring (bicyclic) bond motifs is 2. The van der Waals surface area contributed by atoms with Crippen LogP contribution in [-0.2, 0) is 4.74 Å². The topological polar surface area (TPSA) is 203 Å². The molecule has 2 aliphatic rings. The number of ether oxygens (including phenoxy) is 3. The van der Waals surface area contributed by atoms with E-state index in [1.54, 1.807) is 0 Å². The number of carbonyl (C=O) groups excluding carboxylic acids is 2. The van der Waals surface area contributed by atoms with Gasteiger partial charge in [0.05, 0.1) is 30.4 Å². The number of methoxy groups -OCH3 is 1. The van der Waals surface area contributed by atoms with Crippen molar-refractivity contribution in [1.29, 1.82) is 0 Å². The Balaban J connectivity index is 1.83. The zero-order valence-corrected chi connectivity index (χ0v) is 17.9. The van der Waals surface area contributed by atoms with Crippen molar-refractivity contribution in [2.75, 3.05) is 13.7 Å². The van der Waals surface area contributed by atoms with E-state index in [4.69, 9.17) is 14.2 Å². The van der Waals surface area contributed by atoms with E-state index in [-0.39, 0.29) is 16.9 Å². The fourth-order valence-corrected chi connectivity index (χ4v) is 4.09. The summed E-state index contributed by atoms with van der Waals surface area (Å²) in [5.41, 5.74) is -2.05. The Hall–Kier alpha value is -3.42.